The molecule has 0 fully saturated rings. The minimum atomic E-state index is -0.202. The van der Waals surface area contributed by atoms with E-state index in [2.05, 4.69) is 26.1 Å². The lowest BCUT2D eigenvalue weighted by molar-refractivity contribution is -0.122. The lowest BCUT2D eigenvalue weighted by Gasteiger charge is -2.25. The van der Waals surface area contributed by atoms with Gasteiger partial charge in [0.25, 0.3) is 0 Å². The Morgan fingerprint density at radius 3 is 2.21 bits per heavy atom. The minimum absolute atomic E-state index is 0.105. The summed E-state index contributed by atoms with van der Waals surface area (Å²) in [7, 11) is 1.69. The number of nitrogens with one attached hydrogen (secondary N) is 1. The van der Waals surface area contributed by atoms with Crippen molar-refractivity contribution in [2.45, 2.75) is 59.5 Å². The monoisotopic (exact) mass is 273 g/mol. The maximum atomic E-state index is 11.6. The number of amides is 1. The van der Waals surface area contributed by atoms with Gasteiger partial charge in [0.05, 0.1) is 12.2 Å². The Morgan fingerprint density at radius 2 is 1.68 bits per heavy atom. The van der Waals surface area contributed by atoms with Crippen LogP contribution >= 0.6 is 0 Å². The smallest absolute Gasteiger partial charge is 0.220 e. The highest BCUT2D eigenvalue weighted by molar-refractivity contribution is 5.75. The molecule has 0 atom stereocenters. The lowest BCUT2D eigenvalue weighted by atomic mass is 9.90. The van der Waals surface area contributed by atoms with Crippen LogP contribution < -0.4 is 5.32 Å². The van der Waals surface area contributed by atoms with Gasteiger partial charge >= 0.3 is 0 Å². The van der Waals surface area contributed by atoms with Crippen LogP contribution in [0.2, 0.25) is 0 Å². The number of methoxy groups -OCH3 is 1. The van der Waals surface area contributed by atoms with Crippen molar-refractivity contribution in [1.29, 1.82) is 0 Å². The molecule has 0 saturated heterocycles. The molecule has 0 aliphatic heterocycles. The molecule has 0 spiro atoms. The molecule has 4 nitrogen and oxygen atoms in total. The highest BCUT2D eigenvalue weighted by atomic mass is 16.5. The summed E-state index contributed by atoms with van der Waals surface area (Å²) in [5.74, 6) is 0.105. The number of carbonyl (C=O) groups excluding carboxylic acids is 1. The van der Waals surface area contributed by atoms with E-state index in [0.717, 1.165) is 12.8 Å². The van der Waals surface area contributed by atoms with Crippen LogP contribution in [-0.4, -0.2) is 38.4 Å². The van der Waals surface area contributed by atoms with Gasteiger partial charge in [-0.1, -0.05) is 20.8 Å². The average Bonchev–Trinajstić information content (AvgIpc) is 2.29. The van der Waals surface area contributed by atoms with Crippen LogP contribution in [0.5, 0.6) is 0 Å². The summed E-state index contributed by atoms with van der Waals surface area (Å²) >= 11 is 0. The van der Waals surface area contributed by atoms with E-state index in [0.29, 0.717) is 26.2 Å². The van der Waals surface area contributed by atoms with Crippen molar-refractivity contribution in [3.8, 4) is 0 Å². The molecule has 0 aliphatic carbocycles. The molecule has 0 aliphatic rings. The number of hydrogen-bond donors (Lipinski definition) is 1. The van der Waals surface area contributed by atoms with E-state index in [1.165, 1.54) is 0 Å². The Balaban J connectivity index is 3.65. The Bertz CT molecular complexity index is 257. The van der Waals surface area contributed by atoms with Gasteiger partial charge in [0.1, 0.15) is 0 Å². The third-order valence-electron chi connectivity index (χ3n) is 2.93. The maximum absolute atomic E-state index is 11.6. The van der Waals surface area contributed by atoms with Gasteiger partial charge in [-0.05, 0) is 32.1 Å². The maximum Gasteiger partial charge on any atom is 0.220 e. The molecule has 0 aromatic heterocycles. The Labute approximate surface area is 118 Å². The van der Waals surface area contributed by atoms with E-state index in [9.17, 15) is 4.79 Å². The predicted octanol–water partition coefficient (Wildman–Crippen LogP) is 2.76. The number of hydrogen-bond acceptors (Lipinski definition) is 3. The average molecular weight is 273 g/mol. The molecular weight excluding hydrogens is 242 g/mol. The van der Waals surface area contributed by atoms with Crippen molar-refractivity contribution in [3.05, 3.63) is 0 Å². The standard InChI is InChI=1S/C15H31NO3/c1-14(2,3)8-7-13(17)16-10-12-19-15(4,5)9-11-18-6/h7-12H2,1-6H3,(H,16,17). The van der Waals surface area contributed by atoms with Crippen LogP contribution in [0.1, 0.15) is 53.9 Å². The summed E-state index contributed by atoms with van der Waals surface area (Å²) in [6.07, 6.45) is 2.33. The fraction of sp³-hybridized carbons (Fsp3) is 0.933. The third-order valence-corrected chi connectivity index (χ3v) is 2.93. The van der Waals surface area contributed by atoms with Gasteiger partial charge in [-0.2, -0.15) is 0 Å². The second-order valence-electron chi connectivity index (χ2n) is 6.76. The summed E-state index contributed by atoms with van der Waals surface area (Å²) in [6, 6.07) is 0. The highest BCUT2D eigenvalue weighted by Crippen LogP contribution is 2.20. The number of carbonyl (C=O) groups is 1. The second-order valence-corrected chi connectivity index (χ2v) is 6.76. The number of ether oxygens (including phenoxy) is 2. The zero-order valence-electron chi connectivity index (χ0n) is 13.5. The molecule has 19 heavy (non-hydrogen) atoms. The summed E-state index contributed by atoms with van der Waals surface area (Å²) in [6.45, 7) is 12.3. The molecule has 1 amide bonds. The SMILES string of the molecule is COCCC(C)(C)OCCNC(=O)CCC(C)(C)C. The van der Waals surface area contributed by atoms with Crippen molar-refractivity contribution in [3.63, 3.8) is 0 Å². The van der Waals surface area contributed by atoms with Crippen LogP contribution in [0.15, 0.2) is 0 Å². The topological polar surface area (TPSA) is 47.6 Å². The molecule has 4 heteroatoms. The van der Waals surface area contributed by atoms with E-state index in [1.807, 2.05) is 13.8 Å². The summed E-state index contributed by atoms with van der Waals surface area (Å²) < 4.78 is 10.8. The van der Waals surface area contributed by atoms with Crippen molar-refractivity contribution in [1.82, 2.24) is 5.32 Å². The van der Waals surface area contributed by atoms with E-state index in [1.54, 1.807) is 7.11 Å². The van der Waals surface area contributed by atoms with Crippen LogP contribution in [0.25, 0.3) is 0 Å². The van der Waals surface area contributed by atoms with Crippen molar-refractivity contribution in [2.24, 2.45) is 5.41 Å². The lowest BCUT2D eigenvalue weighted by Crippen LogP contribution is -2.33. The fourth-order valence-corrected chi connectivity index (χ4v) is 1.51. The molecule has 0 saturated carbocycles. The van der Waals surface area contributed by atoms with Crippen LogP contribution in [0.3, 0.4) is 0 Å². The predicted molar refractivity (Wildman–Crippen MR) is 78.2 cm³/mol. The van der Waals surface area contributed by atoms with Crippen LogP contribution in [0, 0.1) is 5.41 Å². The van der Waals surface area contributed by atoms with Crippen LogP contribution in [0.4, 0.5) is 0 Å². The van der Waals surface area contributed by atoms with E-state index < -0.39 is 0 Å². The first kappa shape index (κ1) is 18.4. The zero-order chi connectivity index (χ0) is 14.9. The molecule has 114 valence electrons. The molecule has 0 rings (SSSR count). The van der Waals surface area contributed by atoms with Crippen molar-refractivity contribution < 1.29 is 14.3 Å². The Kier molecular flexibility index (Phi) is 8.26. The first-order valence-corrected chi connectivity index (χ1v) is 7.06. The molecular formula is C15H31NO3. The summed E-state index contributed by atoms with van der Waals surface area (Å²) in [5, 5.41) is 2.89. The van der Waals surface area contributed by atoms with E-state index in [4.69, 9.17) is 9.47 Å². The quantitative estimate of drug-likeness (QED) is 0.657. The Hall–Kier alpha value is -0.610. The Morgan fingerprint density at radius 1 is 1.05 bits per heavy atom. The number of rotatable bonds is 9. The van der Waals surface area contributed by atoms with Gasteiger partial charge in [-0.25, -0.2) is 0 Å². The summed E-state index contributed by atoms with van der Waals surface area (Å²) in [4.78, 5) is 11.6. The first-order valence-electron chi connectivity index (χ1n) is 7.06. The van der Waals surface area contributed by atoms with E-state index in [-0.39, 0.29) is 16.9 Å². The molecule has 0 bridgehead atoms. The van der Waals surface area contributed by atoms with E-state index >= 15 is 0 Å². The third kappa shape index (κ3) is 12.2. The molecule has 0 unspecified atom stereocenters. The molecule has 0 heterocycles. The highest BCUT2D eigenvalue weighted by Gasteiger charge is 2.18. The van der Waals surface area contributed by atoms with Gasteiger partial charge in [-0.15, -0.1) is 0 Å². The van der Waals surface area contributed by atoms with Crippen LogP contribution in [-0.2, 0) is 14.3 Å². The normalized spacial score (nSPS) is 12.5. The van der Waals surface area contributed by atoms with Gasteiger partial charge < -0.3 is 14.8 Å². The van der Waals surface area contributed by atoms with Crippen molar-refractivity contribution >= 4 is 5.91 Å². The van der Waals surface area contributed by atoms with Gasteiger partial charge in [0, 0.05) is 26.7 Å². The molecule has 0 aromatic rings. The second kappa shape index (κ2) is 8.54. The molecule has 1 N–H and O–H groups in total. The first-order chi connectivity index (χ1) is 8.66. The van der Waals surface area contributed by atoms with Gasteiger partial charge in [0.2, 0.25) is 5.91 Å². The fourth-order valence-electron chi connectivity index (χ4n) is 1.51. The molecule has 0 radical (unpaired) electrons. The largest absolute Gasteiger partial charge is 0.385 e. The summed E-state index contributed by atoms with van der Waals surface area (Å²) in [5.41, 5.74) is 0.00211. The minimum Gasteiger partial charge on any atom is -0.385 e. The van der Waals surface area contributed by atoms with Gasteiger partial charge in [-0.3, -0.25) is 4.79 Å². The van der Waals surface area contributed by atoms with Crippen molar-refractivity contribution in [2.75, 3.05) is 26.9 Å². The molecule has 0 aromatic carbocycles. The van der Waals surface area contributed by atoms with Gasteiger partial charge in [0.15, 0.2) is 0 Å². The zero-order valence-corrected chi connectivity index (χ0v) is 13.5.